The van der Waals surface area contributed by atoms with Gasteiger partial charge in [0, 0.05) is 23.7 Å². The highest BCUT2D eigenvalue weighted by atomic mass is 16.5. The van der Waals surface area contributed by atoms with Gasteiger partial charge in [-0.05, 0) is 18.6 Å². The van der Waals surface area contributed by atoms with Crippen molar-refractivity contribution >= 4 is 5.97 Å². The minimum atomic E-state index is -0.885. The van der Waals surface area contributed by atoms with E-state index in [1.807, 2.05) is 0 Å². The number of carboxylic acids is 1. The fourth-order valence-electron chi connectivity index (χ4n) is 1.77. The molecular formula is C14H14N2O4. The number of methoxy groups -OCH3 is 1. The van der Waals surface area contributed by atoms with E-state index in [0.29, 0.717) is 29.3 Å². The van der Waals surface area contributed by atoms with Crippen LogP contribution in [-0.4, -0.2) is 33.3 Å². The minimum Gasteiger partial charge on any atom is -0.508 e. The molecule has 1 heterocycles. The van der Waals surface area contributed by atoms with Crippen molar-refractivity contribution in [3.63, 3.8) is 0 Å². The highest BCUT2D eigenvalue weighted by Gasteiger charge is 2.11. The quantitative estimate of drug-likeness (QED) is 0.864. The lowest BCUT2D eigenvalue weighted by Crippen LogP contribution is -2.03. The Bertz CT molecular complexity index is 628. The lowest BCUT2D eigenvalue weighted by atomic mass is 10.1. The predicted molar refractivity (Wildman–Crippen MR) is 71.6 cm³/mol. The van der Waals surface area contributed by atoms with E-state index in [-0.39, 0.29) is 12.2 Å². The Hall–Kier alpha value is -2.63. The molecule has 20 heavy (non-hydrogen) atoms. The first kappa shape index (κ1) is 13.8. The number of aromatic nitrogens is 2. The Morgan fingerprint density at radius 3 is 2.85 bits per heavy atom. The zero-order valence-electron chi connectivity index (χ0n) is 10.9. The van der Waals surface area contributed by atoms with Crippen LogP contribution in [0.1, 0.15) is 12.0 Å². The van der Waals surface area contributed by atoms with Crippen LogP contribution in [0.5, 0.6) is 11.6 Å². The van der Waals surface area contributed by atoms with Crippen LogP contribution in [0.2, 0.25) is 0 Å². The van der Waals surface area contributed by atoms with Crippen molar-refractivity contribution in [3.8, 4) is 23.0 Å². The Kier molecular flexibility index (Phi) is 4.14. The summed E-state index contributed by atoms with van der Waals surface area (Å²) in [5.74, 6) is 0.000509. The average Bonchev–Trinajstić information content (AvgIpc) is 2.44. The number of aromatic hydroxyl groups is 1. The summed E-state index contributed by atoms with van der Waals surface area (Å²) in [6.45, 7) is 0. The van der Waals surface area contributed by atoms with Gasteiger partial charge in [-0.25, -0.2) is 4.98 Å². The molecule has 6 heteroatoms. The topological polar surface area (TPSA) is 92.5 Å². The first-order valence-electron chi connectivity index (χ1n) is 6.01. The molecule has 0 bridgehead atoms. The van der Waals surface area contributed by atoms with Crippen molar-refractivity contribution in [1.29, 1.82) is 0 Å². The van der Waals surface area contributed by atoms with Gasteiger partial charge in [0.15, 0.2) is 5.82 Å². The van der Waals surface area contributed by atoms with Crippen LogP contribution in [0.25, 0.3) is 11.4 Å². The highest BCUT2D eigenvalue weighted by Crippen LogP contribution is 2.24. The molecule has 0 saturated heterocycles. The second kappa shape index (κ2) is 6.01. The molecule has 0 atom stereocenters. The van der Waals surface area contributed by atoms with Crippen LogP contribution in [-0.2, 0) is 11.2 Å². The monoisotopic (exact) mass is 274 g/mol. The molecule has 0 fully saturated rings. The molecule has 0 aliphatic carbocycles. The van der Waals surface area contributed by atoms with Gasteiger partial charge >= 0.3 is 5.97 Å². The fourth-order valence-corrected chi connectivity index (χ4v) is 1.77. The van der Waals surface area contributed by atoms with Gasteiger partial charge in [0.1, 0.15) is 5.75 Å². The van der Waals surface area contributed by atoms with Crippen LogP contribution < -0.4 is 4.74 Å². The molecule has 6 nitrogen and oxygen atoms in total. The second-order valence-corrected chi connectivity index (χ2v) is 4.17. The summed E-state index contributed by atoms with van der Waals surface area (Å²) in [6.07, 6.45) is 1.85. The van der Waals surface area contributed by atoms with Gasteiger partial charge in [0.05, 0.1) is 7.11 Å². The molecule has 2 N–H and O–H groups in total. The SMILES string of the molecule is COc1nc(-c2cccc(O)c2)ncc1CCC(=O)O. The van der Waals surface area contributed by atoms with E-state index in [2.05, 4.69) is 9.97 Å². The standard InChI is InChI=1S/C14H14N2O4/c1-20-14-10(5-6-12(18)19)8-15-13(16-14)9-3-2-4-11(17)7-9/h2-4,7-8,17H,5-6H2,1H3,(H,18,19). The third-order valence-electron chi connectivity index (χ3n) is 2.73. The number of hydrogen-bond donors (Lipinski definition) is 2. The minimum absolute atomic E-state index is 0.00874. The molecule has 0 saturated carbocycles. The van der Waals surface area contributed by atoms with E-state index in [4.69, 9.17) is 9.84 Å². The number of carboxylic acid groups (broad SMARTS) is 1. The van der Waals surface area contributed by atoms with Crippen molar-refractivity contribution in [1.82, 2.24) is 9.97 Å². The van der Waals surface area contributed by atoms with Crippen molar-refractivity contribution in [2.45, 2.75) is 12.8 Å². The molecule has 0 amide bonds. The molecule has 2 aromatic rings. The Balaban J connectivity index is 2.31. The molecular weight excluding hydrogens is 260 g/mol. The van der Waals surface area contributed by atoms with Gasteiger partial charge in [0.2, 0.25) is 5.88 Å². The fraction of sp³-hybridized carbons (Fsp3) is 0.214. The lowest BCUT2D eigenvalue weighted by molar-refractivity contribution is -0.136. The molecule has 2 rings (SSSR count). The smallest absolute Gasteiger partial charge is 0.303 e. The summed E-state index contributed by atoms with van der Waals surface area (Å²) in [5.41, 5.74) is 1.30. The van der Waals surface area contributed by atoms with E-state index in [9.17, 15) is 9.90 Å². The Labute approximate surface area is 115 Å². The summed E-state index contributed by atoms with van der Waals surface area (Å²) in [5, 5.41) is 18.1. The van der Waals surface area contributed by atoms with Gasteiger partial charge in [-0.3, -0.25) is 4.79 Å². The van der Waals surface area contributed by atoms with Crippen LogP contribution in [0.15, 0.2) is 30.5 Å². The molecule has 0 aliphatic rings. The first-order valence-corrected chi connectivity index (χ1v) is 6.01. The van der Waals surface area contributed by atoms with Crippen LogP contribution >= 0.6 is 0 Å². The van der Waals surface area contributed by atoms with Gasteiger partial charge in [0.25, 0.3) is 0 Å². The maximum Gasteiger partial charge on any atom is 0.303 e. The molecule has 1 aromatic carbocycles. The number of carbonyl (C=O) groups is 1. The summed E-state index contributed by atoms with van der Waals surface area (Å²) in [7, 11) is 1.47. The summed E-state index contributed by atoms with van der Waals surface area (Å²) < 4.78 is 5.16. The zero-order chi connectivity index (χ0) is 14.5. The molecule has 0 radical (unpaired) electrons. The molecule has 1 aromatic heterocycles. The van der Waals surface area contributed by atoms with Gasteiger partial charge in [-0.15, -0.1) is 0 Å². The van der Waals surface area contributed by atoms with E-state index in [0.717, 1.165) is 0 Å². The number of aliphatic carboxylic acids is 1. The number of ether oxygens (including phenoxy) is 1. The first-order chi connectivity index (χ1) is 9.60. The maximum atomic E-state index is 10.6. The van der Waals surface area contributed by atoms with Gasteiger partial charge < -0.3 is 14.9 Å². The van der Waals surface area contributed by atoms with Gasteiger partial charge in [-0.2, -0.15) is 4.98 Å². The number of rotatable bonds is 5. The molecule has 0 spiro atoms. The normalized spacial score (nSPS) is 10.2. The van der Waals surface area contributed by atoms with Crippen molar-refractivity contribution in [2.75, 3.05) is 7.11 Å². The van der Waals surface area contributed by atoms with Crippen LogP contribution in [0.4, 0.5) is 0 Å². The molecule has 104 valence electrons. The number of aryl methyl sites for hydroxylation is 1. The lowest BCUT2D eigenvalue weighted by Gasteiger charge is -2.08. The van der Waals surface area contributed by atoms with Crippen LogP contribution in [0.3, 0.4) is 0 Å². The summed E-state index contributed by atoms with van der Waals surface area (Å²) in [4.78, 5) is 19.0. The maximum absolute atomic E-state index is 10.6. The Morgan fingerprint density at radius 1 is 1.40 bits per heavy atom. The van der Waals surface area contributed by atoms with Crippen molar-refractivity contribution in [2.24, 2.45) is 0 Å². The van der Waals surface area contributed by atoms with Crippen molar-refractivity contribution in [3.05, 3.63) is 36.0 Å². The zero-order valence-corrected chi connectivity index (χ0v) is 10.9. The van der Waals surface area contributed by atoms with E-state index < -0.39 is 5.97 Å². The molecule has 0 aliphatic heterocycles. The number of phenolic OH excluding ortho intramolecular Hbond substituents is 1. The largest absolute Gasteiger partial charge is 0.508 e. The number of nitrogens with zero attached hydrogens (tertiary/aromatic N) is 2. The van der Waals surface area contributed by atoms with E-state index >= 15 is 0 Å². The number of phenols is 1. The van der Waals surface area contributed by atoms with E-state index in [1.54, 1.807) is 30.5 Å². The Morgan fingerprint density at radius 2 is 2.20 bits per heavy atom. The molecule has 0 unspecified atom stereocenters. The highest BCUT2D eigenvalue weighted by molar-refractivity contribution is 5.67. The van der Waals surface area contributed by atoms with Crippen molar-refractivity contribution < 1.29 is 19.7 Å². The van der Waals surface area contributed by atoms with Gasteiger partial charge in [-0.1, -0.05) is 12.1 Å². The number of hydrogen-bond acceptors (Lipinski definition) is 5. The van der Waals surface area contributed by atoms with E-state index in [1.165, 1.54) is 7.11 Å². The summed E-state index contributed by atoms with van der Waals surface area (Å²) in [6, 6.07) is 6.57. The third-order valence-corrected chi connectivity index (χ3v) is 2.73. The second-order valence-electron chi connectivity index (χ2n) is 4.17. The average molecular weight is 274 g/mol. The summed E-state index contributed by atoms with van der Waals surface area (Å²) >= 11 is 0. The third kappa shape index (κ3) is 3.23. The van der Waals surface area contributed by atoms with Crippen LogP contribution in [0, 0.1) is 0 Å². The predicted octanol–water partition coefficient (Wildman–Crippen LogP) is 1.88. The number of benzene rings is 1.